The molecule has 86 valence electrons. The molecule has 0 aliphatic heterocycles. The largest absolute Gasteiger partial charge is 0.481 e. The molecular formula is C8H13NO5S. The molecule has 0 aliphatic carbocycles. The maximum atomic E-state index is 11.3. The van der Waals surface area contributed by atoms with Gasteiger partial charge in [0.25, 0.3) is 0 Å². The average molecular weight is 235 g/mol. The summed E-state index contributed by atoms with van der Waals surface area (Å²) in [5.41, 5.74) is 0. The van der Waals surface area contributed by atoms with E-state index in [1.54, 1.807) is 0 Å². The number of amides is 1. The van der Waals surface area contributed by atoms with Crippen LogP contribution in [0, 0.1) is 0 Å². The summed E-state index contributed by atoms with van der Waals surface area (Å²) >= 11 is 3.93. The Kier molecular flexibility index (Phi) is 4.60. The van der Waals surface area contributed by atoms with Crippen LogP contribution in [-0.4, -0.2) is 38.8 Å². The maximum Gasteiger partial charge on any atom is 0.326 e. The highest BCUT2D eigenvalue weighted by molar-refractivity contribution is 7.82. The monoisotopic (exact) mass is 235 g/mol. The normalized spacial score (nSPS) is 13.0. The first-order valence-corrected chi connectivity index (χ1v) is 4.57. The second kappa shape index (κ2) is 5.01. The molecule has 0 aromatic carbocycles. The van der Waals surface area contributed by atoms with Crippen LogP contribution >= 0.6 is 12.6 Å². The highest BCUT2D eigenvalue weighted by Crippen LogP contribution is 2.12. The molecule has 3 N–H and O–H groups in total. The van der Waals surface area contributed by atoms with Crippen molar-refractivity contribution >= 4 is 30.5 Å². The van der Waals surface area contributed by atoms with Crippen LogP contribution in [0.1, 0.15) is 20.3 Å². The van der Waals surface area contributed by atoms with Crippen LogP contribution in [0.25, 0.3) is 0 Å². The van der Waals surface area contributed by atoms with Crippen molar-refractivity contribution in [3.63, 3.8) is 0 Å². The van der Waals surface area contributed by atoms with Gasteiger partial charge in [-0.15, -0.1) is 0 Å². The minimum absolute atomic E-state index is 0.625. The lowest BCUT2D eigenvalue weighted by Crippen LogP contribution is -2.48. The Morgan fingerprint density at radius 1 is 1.33 bits per heavy atom. The summed E-state index contributed by atoms with van der Waals surface area (Å²) in [6.45, 7) is 2.95. The number of nitrogens with one attached hydrogen (secondary N) is 1. The molecule has 15 heavy (non-hydrogen) atoms. The average Bonchev–Trinajstić information content (AvgIpc) is 1.99. The molecule has 0 aromatic heterocycles. The number of carbonyl (C=O) groups is 3. The molecule has 1 amide bonds. The first kappa shape index (κ1) is 13.8. The van der Waals surface area contributed by atoms with E-state index in [4.69, 9.17) is 10.2 Å². The molecule has 0 rings (SSSR count). The first-order valence-electron chi connectivity index (χ1n) is 4.12. The quantitative estimate of drug-likeness (QED) is 0.491. The number of carboxylic acids is 2. The number of hydrogen-bond donors (Lipinski definition) is 4. The predicted octanol–water partition coefficient (Wildman–Crippen LogP) is -0.261. The SMILES string of the molecule is CC(C)(S)C(=O)N[C@@H](CC(=O)O)C(=O)O. The summed E-state index contributed by atoms with van der Waals surface area (Å²) in [6.07, 6.45) is -0.662. The van der Waals surface area contributed by atoms with Gasteiger partial charge < -0.3 is 15.5 Å². The topological polar surface area (TPSA) is 104 Å². The zero-order valence-corrected chi connectivity index (χ0v) is 9.25. The van der Waals surface area contributed by atoms with E-state index in [1.807, 2.05) is 0 Å². The summed E-state index contributed by atoms with van der Waals surface area (Å²) in [7, 11) is 0. The second-order valence-electron chi connectivity index (χ2n) is 3.52. The molecule has 1 atom stereocenters. The molecule has 7 heteroatoms. The Morgan fingerprint density at radius 3 is 2.07 bits per heavy atom. The van der Waals surface area contributed by atoms with Crippen LogP contribution in [0.4, 0.5) is 0 Å². The van der Waals surface area contributed by atoms with Crippen molar-refractivity contribution < 1.29 is 24.6 Å². The third-order valence-electron chi connectivity index (χ3n) is 1.54. The van der Waals surface area contributed by atoms with E-state index in [-0.39, 0.29) is 0 Å². The molecule has 0 aliphatic rings. The van der Waals surface area contributed by atoms with Crippen molar-refractivity contribution in [3.05, 3.63) is 0 Å². The van der Waals surface area contributed by atoms with Crippen molar-refractivity contribution in [1.82, 2.24) is 5.32 Å². The predicted molar refractivity (Wildman–Crippen MR) is 54.9 cm³/mol. The summed E-state index contributed by atoms with van der Waals surface area (Å²) in [5.74, 6) is -3.30. The smallest absolute Gasteiger partial charge is 0.326 e. The van der Waals surface area contributed by atoms with Crippen molar-refractivity contribution in [2.24, 2.45) is 0 Å². The number of rotatable bonds is 5. The third-order valence-corrected chi connectivity index (χ3v) is 1.74. The second-order valence-corrected chi connectivity index (χ2v) is 4.64. The van der Waals surface area contributed by atoms with E-state index in [0.717, 1.165) is 0 Å². The first-order chi connectivity index (χ1) is 6.64. The van der Waals surface area contributed by atoms with Crippen LogP contribution in [-0.2, 0) is 14.4 Å². The molecule has 0 heterocycles. The summed E-state index contributed by atoms with van der Waals surface area (Å²) in [4.78, 5) is 32.2. The Bertz CT molecular complexity index is 283. The fraction of sp³-hybridized carbons (Fsp3) is 0.625. The van der Waals surface area contributed by atoms with Gasteiger partial charge in [-0.3, -0.25) is 9.59 Å². The van der Waals surface area contributed by atoms with E-state index in [1.165, 1.54) is 13.8 Å². The Labute approximate surface area is 92.1 Å². The number of carbonyl (C=O) groups excluding carboxylic acids is 1. The molecule has 0 radical (unpaired) electrons. The van der Waals surface area contributed by atoms with Gasteiger partial charge in [0.15, 0.2) is 0 Å². The van der Waals surface area contributed by atoms with E-state index in [2.05, 4.69) is 17.9 Å². The molecule has 0 fully saturated rings. The van der Waals surface area contributed by atoms with Gasteiger partial charge in [0.2, 0.25) is 5.91 Å². The van der Waals surface area contributed by atoms with Gasteiger partial charge in [-0.05, 0) is 13.8 Å². The van der Waals surface area contributed by atoms with Gasteiger partial charge in [0.05, 0.1) is 11.2 Å². The van der Waals surface area contributed by atoms with Crippen molar-refractivity contribution in [2.45, 2.75) is 31.1 Å². The fourth-order valence-electron chi connectivity index (χ4n) is 0.710. The molecule has 0 aromatic rings. The van der Waals surface area contributed by atoms with Crippen molar-refractivity contribution in [3.8, 4) is 0 Å². The lowest BCUT2D eigenvalue weighted by molar-refractivity contribution is -0.147. The molecule has 0 unspecified atom stereocenters. The van der Waals surface area contributed by atoms with E-state index in [0.29, 0.717) is 0 Å². The van der Waals surface area contributed by atoms with Gasteiger partial charge in [0, 0.05) is 0 Å². The molecule has 0 saturated heterocycles. The number of hydrogen-bond acceptors (Lipinski definition) is 4. The summed E-state index contributed by atoms with van der Waals surface area (Å²) in [6, 6.07) is -1.43. The van der Waals surface area contributed by atoms with Crippen LogP contribution in [0.3, 0.4) is 0 Å². The highest BCUT2D eigenvalue weighted by atomic mass is 32.1. The molecule has 0 bridgehead atoms. The third kappa shape index (κ3) is 5.26. The summed E-state index contributed by atoms with van der Waals surface area (Å²) in [5, 5.41) is 19.1. The Hall–Kier alpha value is -1.24. The van der Waals surface area contributed by atoms with E-state index in [9.17, 15) is 14.4 Å². The lowest BCUT2D eigenvalue weighted by Gasteiger charge is -2.20. The van der Waals surface area contributed by atoms with Gasteiger partial charge in [0.1, 0.15) is 6.04 Å². The van der Waals surface area contributed by atoms with Gasteiger partial charge >= 0.3 is 11.9 Å². The summed E-state index contributed by atoms with van der Waals surface area (Å²) < 4.78 is -1.05. The van der Waals surface area contributed by atoms with E-state index >= 15 is 0 Å². The lowest BCUT2D eigenvalue weighted by atomic mass is 10.1. The molecule has 0 spiro atoms. The minimum Gasteiger partial charge on any atom is -0.481 e. The minimum atomic E-state index is -1.43. The molecule has 0 saturated carbocycles. The highest BCUT2D eigenvalue weighted by Gasteiger charge is 2.29. The number of aliphatic carboxylic acids is 2. The number of thiol groups is 1. The Morgan fingerprint density at radius 2 is 1.80 bits per heavy atom. The fourth-order valence-corrected chi connectivity index (χ4v) is 0.774. The van der Waals surface area contributed by atoms with Gasteiger partial charge in [-0.25, -0.2) is 4.79 Å². The zero-order valence-electron chi connectivity index (χ0n) is 8.35. The van der Waals surface area contributed by atoms with Crippen LogP contribution in [0.2, 0.25) is 0 Å². The van der Waals surface area contributed by atoms with Crippen molar-refractivity contribution in [2.75, 3.05) is 0 Å². The van der Waals surface area contributed by atoms with E-state index < -0.39 is 35.1 Å². The molecule has 6 nitrogen and oxygen atoms in total. The van der Waals surface area contributed by atoms with Crippen LogP contribution < -0.4 is 5.32 Å². The Balaban J connectivity index is 4.50. The van der Waals surface area contributed by atoms with Crippen LogP contribution in [0.5, 0.6) is 0 Å². The van der Waals surface area contributed by atoms with Gasteiger partial charge in [-0.2, -0.15) is 12.6 Å². The van der Waals surface area contributed by atoms with Crippen molar-refractivity contribution in [1.29, 1.82) is 0 Å². The molecular weight excluding hydrogens is 222 g/mol. The van der Waals surface area contributed by atoms with Gasteiger partial charge in [-0.1, -0.05) is 0 Å². The number of carboxylic acid groups (broad SMARTS) is 2. The van der Waals surface area contributed by atoms with Crippen LogP contribution in [0.15, 0.2) is 0 Å². The standard InChI is InChI=1S/C8H13NO5S/c1-8(2,15)7(14)9-4(6(12)13)3-5(10)11/h4,15H,3H2,1-2H3,(H,9,14)(H,10,11)(H,12,13)/t4-/m0/s1. The maximum absolute atomic E-state index is 11.3. The zero-order chi connectivity index (χ0) is 12.2.